The molecule has 2 aromatic carbocycles. The molecular formula is C19H21Cl2N3O. The monoisotopic (exact) mass is 377 g/mol. The van der Waals surface area contributed by atoms with Crippen molar-refractivity contribution in [2.75, 3.05) is 43.4 Å². The first-order valence-electron chi connectivity index (χ1n) is 8.24. The maximum atomic E-state index is 12.4. The van der Waals surface area contributed by atoms with Crippen molar-refractivity contribution in [1.82, 2.24) is 4.90 Å². The van der Waals surface area contributed by atoms with E-state index in [1.807, 2.05) is 25.1 Å². The van der Waals surface area contributed by atoms with Gasteiger partial charge < -0.3 is 15.1 Å². The lowest BCUT2D eigenvalue weighted by Gasteiger charge is -2.34. The molecule has 0 aromatic heterocycles. The minimum atomic E-state index is -0.203. The molecule has 1 saturated heterocycles. The molecule has 3 rings (SSSR count). The summed E-state index contributed by atoms with van der Waals surface area (Å²) in [4.78, 5) is 17.0. The van der Waals surface area contributed by atoms with Crippen LogP contribution in [-0.4, -0.2) is 44.0 Å². The van der Waals surface area contributed by atoms with Crippen molar-refractivity contribution in [2.24, 2.45) is 0 Å². The van der Waals surface area contributed by atoms with Gasteiger partial charge in [-0.25, -0.2) is 0 Å². The lowest BCUT2D eigenvalue weighted by Crippen LogP contribution is -2.44. The van der Waals surface area contributed by atoms with E-state index in [9.17, 15) is 4.79 Å². The number of hydrogen-bond acceptors (Lipinski definition) is 3. The minimum absolute atomic E-state index is 0.203. The van der Waals surface area contributed by atoms with Crippen LogP contribution in [0.4, 0.5) is 11.4 Å². The number of aryl methyl sites for hydroxylation is 1. The standard InChI is InChI=1S/C19H21Cl2N3O/c1-13-3-4-14(11-16(13)20)19(25)22-15-5-6-18(17(21)12-15)24-9-7-23(2)8-10-24/h3-6,11-12H,7-10H2,1-2H3,(H,22,25). The Kier molecular flexibility index (Phi) is 5.52. The first kappa shape index (κ1) is 18.1. The molecule has 1 fully saturated rings. The number of benzene rings is 2. The molecule has 132 valence electrons. The Morgan fingerprint density at radius 2 is 1.72 bits per heavy atom. The number of hydrogen-bond donors (Lipinski definition) is 1. The van der Waals surface area contributed by atoms with E-state index >= 15 is 0 Å². The van der Waals surface area contributed by atoms with Gasteiger partial charge in [0.05, 0.1) is 10.7 Å². The number of nitrogens with zero attached hydrogens (tertiary/aromatic N) is 2. The van der Waals surface area contributed by atoms with Gasteiger partial charge in [0.15, 0.2) is 0 Å². The topological polar surface area (TPSA) is 35.6 Å². The average molecular weight is 378 g/mol. The Labute approximate surface area is 158 Å². The fourth-order valence-corrected chi connectivity index (χ4v) is 3.31. The number of likely N-dealkylation sites (N-methyl/N-ethyl adjacent to an activating group) is 1. The smallest absolute Gasteiger partial charge is 0.255 e. The molecule has 25 heavy (non-hydrogen) atoms. The summed E-state index contributed by atoms with van der Waals surface area (Å²) in [6.07, 6.45) is 0. The van der Waals surface area contributed by atoms with Crippen molar-refractivity contribution in [3.05, 3.63) is 57.6 Å². The van der Waals surface area contributed by atoms with E-state index in [2.05, 4.69) is 22.2 Å². The van der Waals surface area contributed by atoms with Crippen LogP contribution in [0.2, 0.25) is 10.0 Å². The van der Waals surface area contributed by atoms with Crippen molar-refractivity contribution >= 4 is 40.5 Å². The maximum absolute atomic E-state index is 12.4. The predicted molar refractivity (Wildman–Crippen MR) is 105 cm³/mol. The number of halogens is 2. The van der Waals surface area contributed by atoms with Gasteiger partial charge in [0.25, 0.3) is 5.91 Å². The van der Waals surface area contributed by atoms with Crippen molar-refractivity contribution in [1.29, 1.82) is 0 Å². The van der Waals surface area contributed by atoms with Crippen LogP contribution in [0, 0.1) is 6.92 Å². The van der Waals surface area contributed by atoms with Gasteiger partial charge in [0.2, 0.25) is 0 Å². The van der Waals surface area contributed by atoms with Gasteiger partial charge in [-0.05, 0) is 49.9 Å². The number of carbonyl (C=O) groups excluding carboxylic acids is 1. The van der Waals surface area contributed by atoms with Crippen LogP contribution in [0.1, 0.15) is 15.9 Å². The van der Waals surface area contributed by atoms with Crippen LogP contribution in [0.5, 0.6) is 0 Å². The average Bonchev–Trinajstić information content (AvgIpc) is 2.58. The van der Waals surface area contributed by atoms with Gasteiger partial charge in [-0.1, -0.05) is 29.3 Å². The summed E-state index contributed by atoms with van der Waals surface area (Å²) in [5, 5.41) is 4.10. The van der Waals surface area contributed by atoms with Crippen molar-refractivity contribution in [2.45, 2.75) is 6.92 Å². The van der Waals surface area contributed by atoms with Crippen molar-refractivity contribution < 1.29 is 4.79 Å². The zero-order chi connectivity index (χ0) is 18.0. The lowest BCUT2D eigenvalue weighted by molar-refractivity contribution is 0.102. The molecule has 0 radical (unpaired) electrons. The highest BCUT2D eigenvalue weighted by Gasteiger charge is 2.17. The molecule has 0 bridgehead atoms. The van der Waals surface area contributed by atoms with Crippen molar-refractivity contribution in [3.63, 3.8) is 0 Å². The molecule has 1 heterocycles. The molecule has 0 atom stereocenters. The van der Waals surface area contributed by atoms with Crippen LogP contribution in [0.3, 0.4) is 0 Å². The molecule has 1 amide bonds. The second kappa shape index (κ2) is 7.65. The molecule has 1 N–H and O–H groups in total. The number of nitrogens with one attached hydrogen (secondary N) is 1. The first-order chi connectivity index (χ1) is 11.9. The Hall–Kier alpha value is -1.75. The number of carbonyl (C=O) groups is 1. The zero-order valence-corrected chi connectivity index (χ0v) is 15.9. The van der Waals surface area contributed by atoms with Gasteiger partial charge >= 0.3 is 0 Å². The molecule has 0 spiro atoms. The Bertz CT molecular complexity index is 786. The fraction of sp³-hybridized carbons (Fsp3) is 0.316. The third-order valence-electron chi connectivity index (χ3n) is 4.48. The first-order valence-corrected chi connectivity index (χ1v) is 9.00. The van der Waals surface area contributed by atoms with E-state index in [-0.39, 0.29) is 5.91 Å². The maximum Gasteiger partial charge on any atom is 0.255 e. The van der Waals surface area contributed by atoms with Gasteiger partial charge in [0.1, 0.15) is 0 Å². The molecule has 0 aliphatic carbocycles. The number of amides is 1. The van der Waals surface area contributed by atoms with E-state index in [4.69, 9.17) is 23.2 Å². The SMILES string of the molecule is Cc1ccc(C(=O)Nc2ccc(N3CCN(C)CC3)c(Cl)c2)cc1Cl. The van der Waals surface area contributed by atoms with E-state index in [1.54, 1.807) is 18.2 Å². The summed E-state index contributed by atoms with van der Waals surface area (Å²) in [5.74, 6) is -0.203. The Balaban J connectivity index is 1.72. The van der Waals surface area contributed by atoms with E-state index in [0.29, 0.717) is 21.3 Å². The number of piperazine rings is 1. The summed E-state index contributed by atoms with van der Waals surface area (Å²) in [7, 11) is 2.12. The summed E-state index contributed by atoms with van der Waals surface area (Å²) in [6.45, 7) is 5.83. The molecule has 4 nitrogen and oxygen atoms in total. The molecule has 0 saturated carbocycles. The van der Waals surface area contributed by atoms with E-state index in [0.717, 1.165) is 37.4 Å². The van der Waals surface area contributed by atoms with Crippen LogP contribution in [0.25, 0.3) is 0 Å². The number of rotatable bonds is 3. The third kappa shape index (κ3) is 4.27. The summed E-state index contributed by atoms with van der Waals surface area (Å²) < 4.78 is 0. The summed E-state index contributed by atoms with van der Waals surface area (Å²) in [5.41, 5.74) is 3.14. The van der Waals surface area contributed by atoms with Crippen LogP contribution >= 0.6 is 23.2 Å². The molecular weight excluding hydrogens is 357 g/mol. The highest BCUT2D eigenvalue weighted by atomic mass is 35.5. The second-order valence-electron chi connectivity index (χ2n) is 6.37. The van der Waals surface area contributed by atoms with Crippen molar-refractivity contribution in [3.8, 4) is 0 Å². The molecule has 2 aromatic rings. The fourth-order valence-electron chi connectivity index (χ4n) is 2.83. The lowest BCUT2D eigenvalue weighted by atomic mass is 10.1. The quantitative estimate of drug-likeness (QED) is 0.865. The molecule has 1 aliphatic rings. The van der Waals surface area contributed by atoms with Crippen LogP contribution in [0.15, 0.2) is 36.4 Å². The summed E-state index contributed by atoms with van der Waals surface area (Å²) in [6, 6.07) is 10.9. The third-order valence-corrected chi connectivity index (χ3v) is 5.19. The molecule has 6 heteroatoms. The zero-order valence-electron chi connectivity index (χ0n) is 14.4. The van der Waals surface area contributed by atoms with Gasteiger partial charge in [-0.3, -0.25) is 4.79 Å². The Morgan fingerprint density at radius 3 is 2.36 bits per heavy atom. The van der Waals surface area contributed by atoms with Crippen LogP contribution < -0.4 is 10.2 Å². The highest BCUT2D eigenvalue weighted by Crippen LogP contribution is 2.30. The largest absolute Gasteiger partial charge is 0.368 e. The Morgan fingerprint density at radius 1 is 1.00 bits per heavy atom. The molecule has 1 aliphatic heterocycles. The summed E-state index contributed by atoms with van der Waals surface area (Å²) >= 11 is 12.5. The van der Waals surface area contributed by atoms with Gasteiger partial charge in [-0.2, -0.15) is 0 Å². The van der Waals surface area contributed by atoms with E-state index in [1.165, 1.54) is 0 Å². The highest BCUT2D eigenvalue weighted by molar-refractivity contribution is 6.33. The number of anilines is 2. The predicted octanol–water partition coefficient (Wildman–Crippen LogP) is 4.31. The minimum Gasteiger partial charge on any atom is -0.368 e. The van der Waals surface area contributed by atoms with Gasteiger partial charge in [-0.15, -0.1) is 0 Å². The molecule has 0 unspecified atom stereocenters. The van der Waals surface area contributed by atoms with Crippen LogP contribution in [-0.2, 0) is 0 Å². The normalized spacial score (nSPS) is 15.3. The second-order valence-corrected chi connectivity index (χ2v) is 7.19. The van der Waals surface area contributed by atoms with Gasteiger partial charge in [0, 0.05) is 42.5 Å². The van der Waals surface area contributed by atoms with E-state index < -0.39 is 0 Å².